The van der Waals surface area contributed by atoms with Gasteiger partial charge in [0.15, 0.2) is 0 Å². The highest BCUT2D eigenvalue weighted by atomic mass is 16.5. The zero-order valence-corrected chi connectivity index (χ0v) is 11.6. The molecule has 3 atom stereocenters. The number of benzene rings is 1. The second-order valence-corrected chi connectivity index (χ2v) is 5.78. The van der Waals surface area contributed by atoms with Crippen LogP contribution in [0.5, 0.6) is 5.75 Å². The van der Waals surface area contributed by atoms with Gasteiger partial charge in [-0.2, -0.15) is 0 Å². The molecule has 3 heteroatoms. The molecule has 1 aromatic carbocycles. The summed E-state index contributed by atoms with van der Waals surface area (Å²) < 4.78 is 5.45. The Hall–Kier alpha value is -1.06. The summed E-state index contributed by atoms with van der Waals surface area (Å²) in [4.78, 5) is 0. The second-order valence-electron chi connectivity index (χ2n) is 5.78. The molecule has 100 valence electrons. The topological polar surface area (TPSA) is 41.5 Å². The third-order valence-electron chi connectivity index (χ3n) is 4.32. The lowest BCUT2D eigenvalue weighted by molar-refractivity contribution is -0.0999. The Bertz CT molecular complexity index is 417. The molecule has 1 fully saturated rings. The summed E-state index contributed by atoms with van der Waals surface area (Å²) in [5, 5.41) is 13.4. The molecule has 1 aliphatic rings. The highest BCUT2D eigenvalue weighted by Gasteiger charge is 2.48. The van der Waals surface area contributed by atoms with Crippen molar-refractivity contribution in [2.45, 2.75) is 45.4 Å². The van der Waals surface area contributed by atoms with Crippen LogP contribution in [-0.4, -0.2) is 24.4 Å². The maximum absolute atomic E-state index is 9.85. The van der Waals surface area contributed by atoms with E-state index in [1.165, 1.54) is 0 Å². The first kappa shape index (κ1) is 13.4. The zero-order chi connectivity index (χ0) is 13.3. The smallest absolute Gasteiger partial charge is 0.120 e. The lowest BCUT2D eigenvalue weighted by atomic mass is 9.64. The first-order valence-electron chi connectivity index (χ1n) is 6.53. The molecule has 1 aromatic rings. The number of rotatable bonds is 4. The number of ether oxygens (including phenoxy) is 1. The number of phenolic OH excluding ortho intramolecular Hbond substituents is 1. The lowest BCUT2D eigenvalue weighted by Crippen LogP contribution is -2.60. The van der Waals surface area contributed by atoms with E-state index in [4.69, 9.17) is 4.74 Å². The molecule has 0 spiro atoms. The number of hydrogen-bond donors (Lipinski definition) is 2. The molecule has 0 heterocycles. The Balaban J connectivity index is 2.02. The standard InChI is InChI=1S/C15H23NO2/c1-10(11-7-5-6-8-12(11)17)16-13-9-14(18-4)15(13,2)3/h5-8,10,13-14,16-17H,9H2,1-4H3. The molecule has 18 heavy (non-hydrogen) atoms. The molecule has 1 aliphatic carbocycles. The van der Waals surface area contributed by atoms with E-state index in [9.17, 15) is 5.11 Å². The SMILES string of the molecule is COC1CC(NC(C)c2ccccc2O)C1(C)C. The third-order valence-corrected chi connectivity index (χ3v) is 4.32. The first-order valence-corrected chi connectivity index (χ1v) is 6.53. The van der Waals surface area contributed by atoms with E-state index in [0.29, 0.717) is 17.9 Å². The Morgan fingerprint density at radius 2 is 2.06 bits per heavy atom. The van der Waals surface area contributed by atoms with E-state index in [1.807, 2.05) is 18.2 Å². The summed E-state index contributed by atoms with van der Waals surface area (Å²) in [5.41, 5.74) is 1.10. The summed E-state index contributed by atoms with van der Waals surface area (Å²) in [6.45, 7) is 6.53. The zero-order valence-electron chi connectivity index (χ0n) is 11.6. The third kappa shape index (κ3) is 2.25. The molecule has 3 unspecified atom stereocenters. The largest absolute Gasteiger partial charge is 0.508 e. The predicted molar refractivity (Wildman–Crippen MR) is 72.6 cm³/mol. The molecule has 0 bridgehead atoms. The van der Waals surface area contributed by atoms with Gasteiger partial charge in [-0.15, -0.1) is 0 Å². The van der Waals surface area contributed by atoms with Crippen molar-refractivity contribution in [3.05, 3.63) is 29.8 Å². The van der Waals surface area contributed by atoms with Crippen molar-refractivity contribution in [2.75, 3.05) is 7.11 Å². The van der Waals surface area contributed by atoms with E-state index < -0.39 is 0 Å². The van der Waals surface area contributed by atoms with Crippen LogP contribution in [0.2, 0.25) is 0 Å². The molecule has 0 radical (unpaired) electrons. The minimum absolute atomic E-state index is 0.146. The van der Waals surface area contributed by atoms with Gasteiger partial charge in [0, 0.05) is 30.2 Å². The van der Waals surface area contributed by atoms with Gasteiger partial charge in [-0.3, -0.25) is 0 Å². The van der Waals surface area contributed by atoms with Gasteiger partial charge >= 0.3 is 0 Å². The maximum Gasteiger partial charge on any atom is 0.120 e. The Morgan fingerprint density at radius 1 is 1.39 bits per heavy atom. The molecule has 0 amide bonds. The highest BCUT2D eigenvalue weighted by molar-refractivity contribution is 5.34. The molecule has 0 aromatic heterocycles. The van der Waals surface area contributed by atoms with E-state index >= 15 is 0 Å². The van der Waals surface area contributed by atoms with Crippen molar-refractivity contribution in [1.82, 2.24) is 5.32 Å². The molecule has 2 N–H and O–H groups in total. The Labute approximate surface area is 109 Å². The van der Waals surface area contributed by atoms with Crippen molar-refractivity contribution in [3.8, 4) is 5.75 Å². The highest BCUT2D eigenvalue weighted by Crippen LogP contribution is 2.43. The van der Waals surface area contributed by atoms with E-state index in [-0.39, 0.29) is 11.5 Å². The van der Waals surface area contributed by atoms with Crippen LogP contribution in [0.25, 0.3) is 0 Å². The number of nitrogens with one attached hydrogen (secondary N) is 1. The molecule has 2 rings (SSSR count). The number of methoxy groups -OCH3 is 1. The van der Waals surface area contributed by atoms with Crippen LogP contribution >= 0.6 is 0 Å². The van der Waals surface area contributed by atoms with Crippen LogP contribution in [0.1, 0.15) is 38.8 Å². The molecule has 0 aliphatic heterocycles. The fourth-order valence-corrected chi connectivity index (χ4v) is 2.81. The van der Waals surface area contributed by atoms with Gasteiger partial charge in [-0.1, -0.05) is 32.0 Å². The van der Waals surface area contributed by atoms with Gasteiger partial charge in [0.25, 0.3) is 0 Å². The maximum atomic E-state index is 9.85. The van der Waals surface area contributed by atoms with Crippen molar-refractivity contribution < 1.29 is 9.84 Å². The van der Waals surface area contributed by atoms with Crippen LogP contribution in [0.3, 0.4) is 0 Å². The second kappa shape index (κ2) is 4.90. The summed E-state index contributed by atoms with van der Waals surface area (Å²) >= 11 is 0. The van der Waals surface area contributed by atoms with Gasteiger partial charge in [0.05, 0.1) is 6.10 Å². The predicted octanol–water partition coefficient (Wildman–Crippen LogP) is 2.86. The minimum atomic E-state index is 0.146. The Kier molecular flexibility index (Phi) is 3.64. The number of aromatic hydroxyl groups is 1. The van der Waals surface area contributed by atoms with Crippen LogP contribution in [0.4, 0.5) is 0 Å². The number of para-hydroxylation sites is 1. The van der Waals surface area contributed by atoms with Gasteiger partial charge in [0.1, 0.15) is 5.75 Å². The van der Waals surface area contributed by atoms with Crippen molar-refractivity contribution in [1.29, 1.82) is 0 Å². The number of hydrogen-bond acceptors (Lipinski definition) is 3. The van der Waals surface area contributed by atoms with E-state index in [1.54, 1.807) is 13.2 Å². The quantitative estimate of drug-likeness (QED) is 0.862. The van der Waals surface area contributed by atoms with Crippen molar-refractivity contribution in [2.24, 2.45) is 5.41 Å². The van der Waals surface area contributed by atoms with Crippen LogP contribution in [0, 0.1) is 5.41 Å². The minimum Gasteiger partial charge on any atom is -0.508 e. The molecule has 3 nitrogen and oxygen atoms in total. The summed E-state index contributed by atoms with van der Waals surface area (Å²) in [6.07, 6.45) is 1.35. The van der Waals surface area contributed by atoms with Gasteiger partial charge < -0.3 is 15.2 Å². The van der Waals surface area contributed by atoms with Crippen molar-refractivity contribution in [3.63, 3.8) is 0 Å². The average molecular weight is 249 g/mol. The van der Waals surface area contributed by atoms with Gasteiger partial charge in [-0.25, -0.2) is 0 Å². The molecule has 0 saturated heterocycles. The summed E-state index contributed by atoms with van der Waals surface area (Å²) in [7, 11) is 1.77. The molecular formula is C15H23NO2. The van der Waals surface area contributed by atoms with Gasteiger partial charge in [0.2, 0.25) is 0 Å². The fourth-order valence-electron chi connectivity index (χ4n) is 2.81. The van der Waals surface area contributed by atoms with Crippen molar-refractivity contribution >= 4 is 0 Å². The van der Waals surface area contributed by atoms with Crippen LogP contribution in [0.15, 0.2) is 24.3 Å². The number of phenols is 1. The molecular weight excluding hydrogens is 226 g/mol. The Morgan fingerprint density at radius 3 is 2.61 bits per heavy atom. The lowest BCUT2D eigenvalue weighted by Gasteiger charge is -2.52. The van der Waals surface area contributed by atoms with Crippen LogP contribution in [-0.2, 0) is 4.74 Å². The summed E-state index contributed by atoms with van der Waals surface area (Å²) in [6, 6.07) is 8.08. The van der Waals surface area contributed by atoms with E-state index in [2.05, 4.69) is 26.1 Å². The monoisotopic (exact) mass is 249 g/mol. The average Bonchev–Trinajstić information content (AvgIpc) is 2.34. The fraction of sp³-hybridized carbons (Fsp3) is 0.600. The van der Waals surface area contributed by atoms with Gasteiger partial charge in [-0.05, 0) is 19.4 Å². The van der Waals surface area contributed by atoms with Crippen LogP contribution < -0.4 is 5.32 Å². The first-order chi connectivity index (χ1) is 8.46. The summed E-state index contributed by atoms with van der Waals surface area (Å²) in [5.74, 6) is 0.359. The molecule has 1 saturated carbocycles. The van der Waals surface area contributed by atoms with E-state index in [0.717, 1.165) is 12.0 Å². The normalized spacial score (nSPS) is 27.6.